The van der Waals surface area contributed by atoms with E-state index in [1.165, 1.54) is 4.63 Å². The molecule has 11 nitrogen and oxygen atoms in total. The molecule has 4 aromatic heterocycles. The molecule has 0 aliphatic carbocycles. The third-order valence-electron chi connectivity index (χ3n) is 6.03. The van der Waals surface area contributed by atoms with Crippen LogP contribution in [0.1, 0.15) is 34.4 Å². The number of primary amides is 1. The monoisotopic (exact) mass is 531 g/mol. The number of aromatic nitrogens is 7. The molecular formula is C29H25N9O2. The van der Waals surface area contributed by atoms with Gasteiger partial charge in [0.1, 0.15) is 22.6 Å². The van der Waals surface area contributed by atoms with Crippen LogP contribution in [-0.4, -0.2) is 40.1 Å². The van der Waals surface area contributed by atoms with Gasteiger partial charge in [-0.1, -0.05) is 37.1 Å². The minimum Gasteiger partial charge on any atom is -0.381 e. The van der Waals surface area contributed by atoms with Gasteiger partial charge in [0.25, 0.3) is 11.5 Å². The largest absolute Gasteiger partial charge is 0.381 e. The van der Waals surface area contributed by atoms with Crippen molar-refractivity contribution in [3.8, 4) is 17.5 Å². The Balaban J connectivity index is 0.000000207. The summed E-state index contributed by atoms with van der Waals surface area (Å²) in [6.45, 7) is 2.00. The van der Waals surface area contributed by atoms with Crippen LogP contribution in [0.15, 0.2) is 83.9 Å². The SMILES string of the molecule is CCc1nc2cccc(C#Cc3ccn(C)n3)c2c(=O)n1-c1ccccc1.NC(=O)c1c(N)nn2ncccc12. The number of nitrogens with two attached hydrogens (primary N) is 2. The fourth-order valence-corrected chi connectivity index (χ4v) is 4.24. The quantitative estimate of drug-likeness (QED) is 0.333. The highest BCUT2D eigenvalue weighted by Crippen LogP contribution is 2.17. The van der Waals surface area contributed by atoms with E-state index in [-0.39, 0.29) is 16.9 Å². The number of hydrogen-bond donors (Lipinski definition) is 2. The third kappa shape index (κ3) is 5.01. The lowest BCUT2D eigenvalue weighted by Gasteiger charge is -2.13. The van der Waals surface area contributed by atoms with Crippen molar-refractivity contribution in [1.29, 1.82) is 0 Å². The average molecular weight is 532 g/mol. The smallest absolute Gasteiger partial charge is 0.267 e. The summed E-state index contributed by atoms with van der Waals surface area (Å²) in [5.41, 5.74) is 14.0. The fraction of sp³-hybridized carbons (Fsp3) is 0.103. The number of anilines is 1. The molecule has 0 radical (unpaired) electrons. The van der Waals surface area contributed by atoms with Gasteiger partial charge >= 0.3 is 0 Å². The van der Waals surface area contributed by atoms with Crippen LogP contribution in [0.3, 0.4) is 0 Å². The minimum atomic E-state index is -0.597. The Kier molecular flexibility index (Phi) is 7.07. The van der Waals surface area contributed by atoms with Crippen molar-refractivity contribution in [3.05, 3.63) is 112 Å². The van der Waals surface area contributed by atoms with Gasteiger partial charge in [0.05, 0.1) is 16.6 Å². The number of amides is 1. The van der Waals surface area contributed by atoms with Gasteiger partial charge < -0.3 is 11.5 Å². The van der Waals surface area contributed by atoms with Crippen molar-refractivity contribution < 1.29 is 4.79 Å². The van der Waals surface area contributed by atoms with E-state index >= 15 is 0 Å². The number of nitrogens with zero attached hydrogens (tertiary/aromatic N) is 7. The molecule has 0 saturated carbocycles. The summed E-state index contributed by atoms with van der Waals surface area (Å²) in [7, 11) is 1.85. The maximum absolute atomic E-state index is 13.4. The Morgan fingerprint density at radius 1 is 0.975 bits per heavy atom. The van der Waals surface area contributed by atoms with E-state index in [1.54, 1.807) is 27.6 Å². The summed E-state index contributed by atoms with van der Waals surface area (Å²) >= 11 is 0. The Bertz CT molecular complexity index is 1980. The summed E-state index contributed by atoms with van der Waals surface area (Å²) in [6.07, 6.45) is 4.04. The molecule has 6 aromatic rings. The highest BCUT2D eigenvalue weighted by molar-refractivity contribution is 6.04. The second-order valence-corrected chi connectivity index (χ2v) is 8.70. The Morgan fingerprint density at radius 2 is 1.77 bits per heavy atom. The number of para-hydroxylation sites is 1. The molecule has 0 aliphatic heterocycles. The zero-order chi connectivity index (χ0) is 28.2. The maximum Gasteiger partial charge on any atom is 0.267 e. The normalized spacial score (nSPS) is 10.6. The van der Waals surface area contributed by atoms with Crippen molar-refractivity contribution in [2.24, 2.45) is 12.8 Å². The maximum atomic E-state index is 13.4. The summed E-state index contributed by atoms with van der Waals surface area (Å²) in [5, 5.41) is 12.5. The van der Waals surface area contributed by atoms with Gasteiger partial charge in [0, 0.05) is 31.4 Å². The molecule has 0 aliphatic rings. The molecule has 0 saturated heterocycles. The lowest BCUT2D eigenvalue weighted by atomic mass is 10.1. The molecular weight excluding hydrogens is 506 g/mol. The number of fused-ring (bicyclic) bond motifs is 2. The lowest BCUT2D eigenvalue weighted by molar-refractivity contribution is 0.100. The summed E-state index contributed by atoms with van der Waals surface area (Å²) < 4.78 is 4.65. The minimum absolute atomic E-state index is 0.103. The van der Waals surface area contributed by atoms with Crippen molar-refractivity contribution in [1.82, 2.24) is 34.2 Å². The molecule has 0 spiro atoms. The molecule has 2 aromatic carbocycles. The second-order valence-electron chi connectivity index (χ2n) is 8.70. The van der Waals surface area contributed by atoms with E-state index in [4.69, 9.17) is 16.5 Å². The zero-order valence-electron chi connectivity index (χ0n) is 21.8. The molecule has 0 unspecified atom stereocenters. The predicted octanol–water partition coefficient (Wildman–Crippen LogP) is 2.49. The van der Waals surface area contributed by atoms with Gasteiger partial charge in [0.15, 0.2) is 5.82 Å². The van der Waals surface area contributed by atoms with E-state index in [9.17, 15) is 9.59 Å². The van der Waals surface area contributed by atoms with Crippen LogP contribution in [0.5, 0.6) is 0 Å². The molecule has 6 rings (SSSR count). The zero-order valence-corrected chi connectivity index (χ0v) is 21.8. The van der Waals surface area contributed by atoms with Gasteiger partial charge in [-0.2, -0.15) is 10.2 Å². The van der Waals surface area contributed by atoms with Gasteiger partial charge in [-0.3, -0.25) is 18.8 Å². The Hall–Kier alpha value is -5.76. The standard InChI is InChI=1S/C22H18N4O.C7H7N5O/c1-3-20-23-19-11-7-8-16(12-13-17-14-15-25(2)24-17)21(19)22(27)26(20)18-9-5-4-6-10-18;8-6-5(7(9)13)4-2-1-3-10-12(4)11-6/h4-11,14-15H,3H2,1-2H3;1-3H,(H2,8,11)(H2,9,13). The third-order valence-corrected chi connectivity index (χ3v) is 6.03. The first-order valence-corrected chi connectivity index (χ1v) is 12.4. The van der Waals surface area contributed by atoms with Gasteiger partial charge in [-0.15, -0.1) is 9.73 Å². The van der Waals surface area contributed by atoms with E-state index in [1.807, 2.05) is 74.8 Å². The van der Waals surface area contributed by atoms with Crippen LogP contribution in [0.25, 0.3) is 22.1 Å². The van der Waals surface area contributed by atoms with Crippen LogP contribution < -0.4 is 17.0 Å². The van der Waals surface area contributed by atoms with E-state index < -0.39 is 5.91 Å². The molecule has 0 fully saturated rings. The molecule has 40 heavy (non-hydrogen) atoms. The number of carbonyl (C=O) groups is 1. The Labute approximate surface area is 228 Å². The molecule has 0 bridgehead atoms. The topological polar surface area (TPSA) is 152 Å². The lowest BCUT2D eigenvalue weighted by Crippen LogP contribution is -2.24. The van der Waals surface area contributed by atoms with E-state index in [0.29, 0.717) is 34.1 Å². The molecule has 4 heterocycles. The number of carbonyl (C=O) groups excluding carboxylic acids is 1. The number of hydrogen-bond acceptors (Lipinski definition) is 7. The van der Waals surface area contributed by atoms with Crippen LogP contribution >= 0.6 is 0 Å². The summed E-state index contributed by atoms with van der Waals surface area (Å²) in [4.78, 5) is 29.1. The van der Waals surface area contributed by atoms with Crippen LogP contribution in [0.2, 0.25) is 0 Å². The first kappa shape index (κ1) is 25.9. The van der Waals surface area contributed by atoms with Crippen molar-refractivity contribution in [2.75, 3.05) is 5.73 Å². The van der Waals surface area contributed by atoms with Gasteiger partial charge in [0.2, 0.25) is 0 Å². The van der Waals surface area contributed by atoms with Crippen molar-refractivity contribution >= 4 is 28.1 Å². The van der Waals surface area contributed by atoms with Crippen LogP contribution in [0.4, 0.5) is 5.82 Å². The first-order valence-electron chi connectivity index (χ1n) is 12.4. The van der Waals surface area contributed by atoms with E-state index in [0.717, 1.165) is 11.5 Å². The highest BCUT2D eigenvalue weighted by Gasteiger charge is 2.15. The number of nitrogen functional groups attached to an aromatic ring is 1. The number of benzene rings is 2. The molecule has 198 valence electrons. The molecule has 0 atom stereocenters. The highest BCUT2D eigenvalue weighted by atomic mass is 16.1. The number of rotatable bonds is 3. The number of aryl methyl sites for hydroxylation is 2. The predicted molar refractivity (Wildman–Crippen MR) is 152 cm³/mol. The van der Waals surface area contributed by atoms with Crippen molar-refractivity contribution in [2.45, 2.75) is 13.3 Å². The summed E-state index contributed by atoms with van der Waals surface area (Å²) in [5.74, 6) is 6.36. The first-order chi connectivity index (χ1) is 19.4. The second kappa shape index (κ2) is 10.9. The van der Waals surface area contributed by atoms with Gasteiger partial charge in [-0.05, 0) is 48.4 Å². The Morgan fingerprint density at radius 3 is 2.48 bits per heavy atom. The van der Waals surface area contributed by atoms with Crippen LogP contribution in [0, 0.1) is 11.8 Å². The molecule has 1 amide bonds. The molecule has 4 N–H and O–H groups in total. The summed E-state index contributed by atoms with van der Waals surface area (Å²) in [6, 6.07) is 20.4. The van der Waals surface area contributed by atoms with Crippen molar-refractivity contribution in [3.63, 3.8) is 0 Å². The molecule has 11 heteroatoms. The fourth-order valence-electron chi connectivity index (χ4n) is 4.24. The average Bonchev–Trinajstić information content (AvgIpc) is 3.53. The van der Waals surface area contributed by atoms with Crippen LogP contribution in [-0.2, 0) is 13.5 Å². The van der Waals surface area contributed by atoms with E-state index in [2.05, 4.69) is 27.1 Å². The van der Waals surface area contributed by atoms with Gasteiger partial charge in [-0.25, -0.2) is 4.98 Å².